The number of thiazole rings is 1. The number of esters is 1. The zero-order chi connectivity index (χ0) is 18.7. The van der Waals surface area contributed by atoms with Crippen molar-refractivity contribution in [2.45, 2.75) is 31.5 Å². The fraction of sp³-hybridized carbons (Fsp3) is 0.438. The molecule has 2 N–H and O–H groups in total. The predicted octanol–water partition coefficient (Wildman–Crippen LogP) is 0.629. The van der Waals surface area contributed by atoms with Gasteiger partial charge in [0, 0.05) is 11.1 Å². The van der Waals surface area contributed by atoms with Gasteiger partial charge in [0.25, 0.3) is 0 Å². The van der Waals surface area contributed by atoms with E-state index in [4.69, 9.17) is 4.74 Å². The van der Waals surface area contributed by atoms with Crippen LogP contribution in [-0.4, -0.2) is 51.8 Å². The number of ether oxygens (including phenoxy) is 1. The summed E-state index contributed by atoms with van der Waals surface area (Å²) >= 11 is 2.85. The number of carbonyl (C=O) groups excluding carboxylic acids is 3. The van der Waals surface area contributed by atoms with Crippen molar-refractivity contribution in [3.05, 3.63) is 28.7 Å². The van der Waals surface area contributed by atoms with Gasteiger partial charge in [-0.2, -0.15) is 0 Å². The van der Waals surface area contributed by atoms with E-state index < -0.39 is 17.6 Å². The Labute approximate surface area is 158 Å². The van der Waals surface area contributed by atoms with Gasteiger partial charge in [0.1, 0.15) is 33.9 Å². The van der Waals surface area contributed by atoms with Crippen molar-refractivity contribution in [2.24, 2.45) is 4.99 Å². The zero-order valence-electron chi connectivity index (χ0n) is 14.1. The minimum absolute atomic E-state index is 0.0400. The first-order valence-electron chi connectivity index (χ1n) is 7.94. The van der Waals surface area contributed by atoms with E-state index in [0.29, 0.717) is 16.5 Å². The zero-order valence-corrected chi connectivity index (χ0v) is 15.7. The topological polar surface area (TPSA) is 110 Å². The summed E-state index contributed by atoms with van der Waals surface area (Å²) in [4.78, 5) is 45.4. The van der Waals surface area contributed by atoms with Gasteiger partial charge in [-0.25, -0.2) is 4.98 Å². The third-order valence-electron chi connectivity index (χ3n) is 3.86. The number of cyclic esters (lactones) is 1. The number of amides is 2. The Morgan fingerprint density at radius 3 is 2.92 bits per heavy atom. The largest absolute Gasteiger partial charge is 0.456 e. The molecule has 138 valence electrons. The number of thioether (sulfide) groups is 1. The summed E-state index contributed by atoms with van der Waals surface area (Å²) in [6.07, 6.45) is 0.582. The van der Waals surface area contributed by atoms with E-state index in [1.165, 1.54) is 29.2 Å². The molecular weight excluding hydrogens is 376 g/mol. The molecule has 2 aliphatic heterocycles. The second kappa shape index (κ2) is 7.58. The van der Waals surface area contributed by atoms with E-state index in [1.807, 2.05) is 5.38 Å². The quantitative estimate of drug-likeness (QED) is 0.534. The van der Waals surface area contributed by atoms with Gasteiger partial charge >= 0.3 is 5.97 Å². The second-order valence-electron chi connectivity index (χ2n) is 6.03. The molecule has 0 radical (unpaired) electrons. The predicted molar refractivity (Wildman–Crippen MR) is 99.1 cm³/mol. The molecule has 1 aromatic heterocycles. The number of carbonyl (C=O) groups is 3. The van der Waals surface area contributed by atoms with Crippen LogP contribution in [0.15, 0.2) is 23.0 Å². The third kappa shape index (κ3) is 4.13. The van der Waals surface area contributed by atoms with Crippen molar-refractivity contribution in [1.29, 1.82) is 0 Å². The molecule has 8 nitrogen and oxygen atoms in total. The standard InChI is InChI=1S/C16H18N4O4S2/c1-3-9-4-11(21)17-5-12-19-10(7-25-12)14-20-16(2,8-26-14)15(23)18-6-13(22)24-9/h3,7,9H,1,4-6,8H2,2H3,(H,17,21)(H,18,23)/t9?,16-/m0/s1. The molecule has 4 bridgehead atoms. The Morgan fingerprint density at radius 2 is 2.15 bits per heavy atom. The van der Waals surface area contributed by atoms with E-state index in [9.17, 15) is 14.4 Å². The average Bonchev–Trinajstić information content (AvgIpc) is 3.24. The van der Waals surface area contributed by atoms with Gasteiger partial charge in [0.2, 0.25) is 11.8 Å². The molecule has 0 saturated carbocycles. The maximum Gasteiger partial charge on any atom is 0.326 e. The van der Waals surface area contributed by atoms with Crippen LogP contribution >= 0.6 is 23.1 Å². The summed E-state index contributed by atoms with van der Waals surface area (Å²) in [5.41, 5.74) is -0.274. The lowest BCUT2D eigenvalue weighted by molar-refractivity contribution is -0.148. The number of fused-ring (bicyclic) bond motifs is 4. The Hall–Kier alpha value is -2.20. The SMILES string of the molecule is C=CC1CC(=O)NCc2nc(cs2)C2=N[C@@](C)(CS2)C(=O)NCC(=O)O1. The molecule has 0 fully saturated rings. The maximum absolute atomic E-state index is 12.5. The van der Waals surface area contributed by atoms with Gasteiger partial charge in [-0.1, -0.05) is 12.7 Å². The first-order chi connectivity index (χ1) is 12.4. The van der Waals surface area contributed by atoms with Crippen molar-refractivity contribution in [2.75, 3.05) is 12.3 Å². The molecular formula is C16H18N4O4S2. The van der Waals surface area contributed by atoms with E-state index in [-0.39, 0.29) is 31.3 Å². The molecule has 26 heavy (non-hydrogen) atoms. The highest BCUT2D eigenvalue weighted by molar-refractivity contribution is 8.14. The van der Waals surface area contributed by atoms with Crippen LogP contribution in [0, 0.1) is 0 Å². The highest BCUT2D eigenvalue weighted by Gasteiger charge is 2.39. The minimum Gasteiger partial charge on any atom is -0.456 e. The molecule has 3 heterocycles. The van der Waals surface area contributed by atoms with Crippen LogP contribution in [0.3, 0.4) is 0 Å². The van der Waals surface area contributed by atoms with Crippen LogP contribution in [0.4, 0.5) is 0 Å². The first-order valence-corrected chi connectivity index (χ1v) is 9.80. The van der Waals surface area contributed by atoms with E-state index in [2.05, 4.69) is 27.2 Å². The van der Waals surface area contributed by atoms with Crippen LogP contribution in [-0.2, 0) is 25.7 Å². The van der Waals surface area contributed by atoms with Crippen LogP contribution in [0.25, 0.3) is 0 Å². The minimum atomic E-state index is -0.965. The molecule has 3 rings (SSSR count). The Kier molecular flexibility index (Phi) is 5.42. The highest BCUT2D eigenvalue weighted by Crippen LogP contribution is 2.31. The molecule has 10 heteroatoms. The lowest BCUT2D eigenvalue weighted by atomic mass is 10.1. The van der Waals surface area contributed by atoms with Gasteiger partial charge < -0.3 is 15.4 Å². The number of hydrogen-bond donors (Lipinski definition) is 2. The molecule has 0 aromatic carbocycles. The first kappa shape index (κ1) is 18.6. The van der Waals surface area contributed by atoms with Crippen LogP contribution in [0.5, 0.6) is 0 Å². The maximum atomic E-state index is 12.5. The van der Waals surface area contributed by atoms with Crippen molar-refractivity contribution in [1.82, 2.24) is 15.6 Å². The fourth-order valence-electron chi connectivity index (χ4n) is 2.39. The molecule has 2 atom stereocenters. The number of aromatic nitrogens is 1. The molecule has 2 amide bonds. The van der Waals surface area contributed by atoms with Gasteiger partial charge in [0.15, 0.2) is 0 Å². The summed E-state index contributed by atoms with van der Waals surface area (Å²) in [5.74, 6) is -0.810. The number of nitrogens with zero attached hydrogens (tertiary/aromatic N) is 2. The summed E-state index contributed by atoms with van der Waals surface area (Å²) in [6.45, 7) is 5.27. The average molecular weight is 394 g/mol. The molecule has 2 aliphatic rings. The van der Waals surface area contributed by atoms with Crippen molar-refractivity contribution in [3.8, 4) is 0 Å². The monoisotopic (exact) mass is 394 g/mol. The number of aliphatic imine (C=N–C) groups is 1. The molecule has 0 spiro atoms. The molecule has 1 unspecified atom stereocenters. The summed E-state index contributed by atoms with van der Waals surface area (Å²) < 4.78 is 5.17. The summed E-state index contributed by atoms with van der Waals surface area (Å²) in [7, 11) is 0. The van der Waals surface area contributed by atoms with E-state index in [0.717, 1.165) is 5.01 Å². The van der Waals surface area contributed by atoms with Gasteiger partial charge in [-0.05, 0) is 6.92 Å². The summed E-state index contributed by atoms with van der Waals surface area (Å²) in [6, 6.07) is 0. The Bertz CT molecular complexity index is 791. The second-order valence-corrected chi connectivity index (χ2v) is 7.94. The van der Waals surface area contributed by atoms with Gasteiger partial charge in [-0.3, -0.25) is 19.4 Å². The Morgan fingerprint density at radius 1 is 1.35 bits per heavy atom. The number of hydrogen-bond acceptors (Lipinski definition) is 8. The van der Waals surface area contributed by atoms with Crippen molar-refractivity contribution in [3.63, 3.8) is 0 Å². The smallest absolute Gasteiger partial charge is 0.326 e. The van der Waals surface area contributed by atoms with Crippen LogP contribution in [0.1, 0.15) is 24.0 Å². The van der Waals surface area contributed by atoms with Crippen molar-refractivity contribution < 1.29 is 19.1 Å². The van der Waals surface area contributed by atoms with Crippen LogP contribution in [0.2, 0.25) is 0 Å². The summed E-state index contributed by atoms with van der Waals surface area (Å²) in [5, 5.41) is 8.57. The Balaban J connectivity index is 1.85. The number of rotatable bonds is 1. The molecule has 0 aliphatic carbocycles. The highest BCUT2D eigenvalue weighted by atomic mass is 32.2. The molecule has 1 aromatic rings. The van der Waals surface area contributed by atoms with Gasteiger partial charge in [-0.15, -0.1) is 23.1 Å². The van der Waals surface area contributed by atoms with Crippen molar-refractivity contribution >= 4 is 45.9 Å². The lowest BCUT2D eigenvalue weighted by Gasteiger charge is -2.19. The number of nitrogens with one attached hydrogen (secondary N) is 2. The van der Waals surface area contributed by atoms with Gasteiger partial charge in [0.05, 0.1) is 13.0 Å². The van der Waals surface area contributed by atoms with E-state index >= 15 is 0 Å². The fourth-order valence-corrected chi connectivity index (χ4v) is 4.32. The lowest BCUT2D eigenvalue weighted by Crippen LogP contribution is -2.46. The van der Waals surface area contributed by atoms with E-state index in [1.54, 1.807) is 6.92 Å². The third-order valence-corrected chi connectivity index (χ3v) is 5.99. The normalized spacial score (nSPS) is 27.2. The molecule has 0 saturated heterocycles. The van der Waals surface area contributed by atoms with Crippen LogP contribution < -0.4 is 10.6 Å².